The van der Waals surface area contributed by atoms with Crippen LogP contribution >= 0.6 is 12.2 Å². The first kappa shape index (κ1) is 20.1. The molecule has 1 aromatic carbocycles. The standard InChI is InChI=1S/C16H21F2N3O4S/c1-22-12-6-10(7-13(23-2)14(12)25-15(17)18)8-20-21-16(26)19-9-11-4-3-5-24-11/h6-8,11,15H,3-5,9H2,1-2H3,(H2,19,21,26)/b20-8-/t11-/m1/s1. The van der Waals surface area contributed by atoms with Crippen LogP contribution in [0.1, 0.15) is 18.4 Å². The van der Waals surface area contributed by atoms with Crippen LogP contribution < -0.4 is 25.0 Å². The summed E-state index contributed by atoms with van der Waals surface area (Å²) < 4.78 is 45.2. The van der Waals surface area contributed by atoms with Crippen molar-refractivity contribution in [2.24, 2.45) is 5.10 Å². The van der Waals surface area contributed by atoms with Gasteiger partial charge in [-0.15, -0.1) is 0 Å². The van der Waals surface area contributed by atoms with E-state index in [1.807, 2.05) is 0 Å². The maximum absolute atomic E-state index is 12.5. The third-order valence-electron chi connectivity index (χ3n) is 3.58. The third kappa shape index (κ3) is 5.95. The predicted molar refractivity (Wildman–Crippen MR) is 96.5 cm³/mol. The SMILES string of the molecule is COc1cc(/C=N\NC(=S)NC[C@H]2CCCO2)cc(OC)c1OC(F)F. The maximum Gasteiger partial charge on any atom is 0.387 e. The lowest BCUT2D eigenvalue weighted by Gasteiger charge is -2.14. The largest absolute Gasteiger partial charge is 0.493 e. The molecule has 1 fully saturated rings. The average Bonchev–Trinajstić information content (AvgIpc) is 3.14. The van der Waals surface area contributed by atoms with Gasteiger partial charge in [-0.25, -0.2) is 0 Å². The monoisotopic (exact) mass is 389 g/mol. The van der Waals surface area contributed by atoms with Crippen molar-refractivity contribution in [1.82, 2.24) is 10.7 Å². The van der Waals surface area contributed by atoms with Crippen LogP contribution in [0.5, 0.6) is 17.2 Å². The molecule has 1 aliphatic heterocycles. The molecule has 1 atom stereocenters. The van der Waals surface area contributed by atoms with Crippen LogP contribution in [0.2, 0.25) is 0 Å². The maximum atomic E-state index is 12.5. The number of methoxy groups -OCH3 is 2. The highest BCUT2D eigenvalue weighted by Crippen LogP contribution is 2.39. The zero-order chi connectivity index (χ0) is 18.9. The second-order valence-electron chi connectivity index (χ2n) is 5.35. The molecule has 1 aromatic rings. The quantitative estimate of drug-likeness (QED) is 0.401. The van der Waals surface area contributed by atoms with Gasteiger partial charge in [0.2, 0.25) is 5.75 Å². The van der Waals surface area contributed by atoms with Gasteiger partial charge >= 0.3 is 6.61 Å². The van der Waals surface area contributed by atoms with Crippen LogP contribution in [0.3, 0.4) is 0 Å². The molecule has 144 valence electrons. The molecule has 26 heavy (non-hydrogen) atoms. The molecule has 2 rings (SSSR count). The molecule has 0 bridgehead atoms. The van der Waals surface area contributed by atoms with Gasteiger partial charge in [-0.05, 0) is 37.2 Å². The van der Waals surface area contributed by atoms with Crippen molar-refractivity contribution in [1.29, 1.82) is 0 Å². The lowest BCUT2D eigenvalue weighted by Crippen LogP contribution is -2.37. The smallest absolute Gasteiger partial charge is 0.387 e. The van der Waals surface area contributed by atoms with Gasteiger partial charge < -0.3 is 24.3 Å². The first-order valence-electron chi connectivity index (χ1n) is 7.92. The first-order valence-corrected chi connectivity index (χ1v) is 8.33. The molecule has 1 saturated heterocycles. The van der Waals surface area contributed by atoms with Crippen LogP contribution in [0.25, 0.3) is 0 Å². The highest BCUT2D eigenvalue weighted by molar-refractivity contribution is 7.80. The number of hydrogen-bond acceptors (Lipinski definition) is 6. The first-order chi connectivity index (χ1) is 12.5. The Morgan fingerprint density at radius 1 is 1.38 bits per heavy atom. The van der Waals surface area contributed by atoms with Gasteiger partial charge in [-0.1, -0.05) is 0 Å². The van der Waals surface area contributed by atoms with Crippen LogP contribution in [0.15, 0.2) is 17.2 Å². The number of alkyl halides is 2. The summed E-state index contributed by atoms with van der Waals surface area (Å²) in [4.78, 5) is 0. The van der Waals surface area contributed by atoms with E-state index >= 15 is 0 Å². The van der Waals surface area contributed by atoms with E-state index in [-0.39, 0.29) is 23.4 Å². The second-order valence-corrected chi connectivity index (χ2v) is 5.76. The molecule has 7 nitrogen and oxygen atoms in total. The molecule has 1 heterocycles. The summed E-state index contributed by atoms with van der Waals surface area (Å²) in [7, 11) is 2.69. The average molecular weight is 389 g/mol. The molecule has 0 aliphatic carbocycles. The number of benzene rings is 1. The molecule has 2 N–H and O–H groups in total. The van der Waals surface area contributed by atoms with E-state index in [1.165, 1.54) is 32.6 Å². The van der Waals surface area contributed by atoms with Crippen molar-refractivity contribution in [3.05, 3.63) is 17.7 Å². The highest BCUT2D eigenvalue weighted by atomic mass is 32.1. The van der Waals surface area contributed by atoms with E-state index in [0.717, 1.165) is 19.4 Å². The zero-order valence-corrected chi connectivity index (χ0v) is 15.3. The number of ether oxygens (including phenoxy) is 4. The number of hydrogen-bond donors (Lipinski definition) is 2. The number of rotatable bonds is 8. The molecule has 0 spiro atoms. The minimum Gasteiger partial charge on any atom is -0.493 e. The summed E-state index contributed by atoms with van der Waals surface area (Å²) in [6.07, 6.45) is 3.68. The Morgan fingerprint density at radius 3 is 2.62 bits per heavy atom. The molecule has 0 aromatic heterocycles. The minimum atomic E-state index is -2.99. The van der Waals surface area contributed by atoms with E-state index in [2.05, 4.69) is 20.6 Å². The molecule has 10 heteroatoms. The van der Waals surface area contributed by atoms with Crippen molar-refractivity contribution in [3.8, 4) is 17.2 Å². The Labute approximate surface area is 155 Å². The van der Waals surface area contributed by atoms with Crippen molar-refractivity contribution < 1.29 is 27.7 Å². The van der Waals surface area contributed by atoms with Gasteiger partial charge in [-0.3, -0.25) is 5.43 Å². The van der Waals surface area contributed by atoms with E-state index in [0.29, 0.717) is 17.2 Å². The van der Waals surface area contributed by atoms with Crippen molar-refractivity contribution in [2.75, 3.05) is 27.4 Å². The van der Waals surface area contributed by atoms with Gasteiger partial charge in [0.25, 0.3) is 0 Å². The van der Waals surface area contributed by atoms with E-state index in [9.17, 15) is 8.78 Å². The molecule has 1 aliphatic rings. The highest BCUT2D eigenvalue weighted by Gasteiger charge is 2.18. The normalized spacial score (nSPS) is 16.7. The van der Waals surface area contributed by atoms with Gasteiger partial charge in [-0.2, -0.15) is 13.9 Å². The van der Waals surface area contributed by atoms with Gasteiger partial charge in [0.05, 0.1) is 26.5 Å². The third-order valence-corrected chi connectivity index (χ3v) is 3.82. The fraction of sp³-hybridized carbons (Fsp3) is 0.500. The van der Waals surface area contributed by atoms with Crippen molar-refractivity contribution in [2.45, 2.75) is 25.6 Å². The van der Waals surface area contributed by atoms with Gasteiger partial charge in [0, 0.05) is 18.7 Å². The Kier molecular flexibility index (Phi) is 7.79. The van der Waals surface area contributed by atoms with Gasteiger partial charge in [0.1, 0.15) is 0 Å². The lowest BCUT2D eigenvalue weighted by atomic mass is 10.2. The summed E-state index contributed by atoms with van der Waals surface area (Å²) in [6.45, 7) is -1.60. The number of nitrogens with one attached hydrogen (secondary N) is 2. The summed E-state index contributed by atoms with van der Waals surface area (Å²) in [5, 5.41) is 7.38. The molecule has 0 amide bonds. The summed E-state index contributed by atoms with van der Waals surface area (Å²) in [5.74, 6) is 0.0271. The number of nitrogens with zero attached hydrogens (tertiary/aromatic N) is 1. The number of thiocarbonyl (C=S) groups is 1. The Hall–Kier alpha value is -2.20. The van der Waals surface area contributed by atoms with Gasteiger partial charge in [0.15, 0.2) is 16.6 Å². The molecular formula is C16H21F2N3O4S. The molecule has 0 unspecified atom stereocenters. The lowest BCUT2D eigenvalue weighted by molar-refractivity contribution is -0.0526. The minimum absolute atomic E-state index is 0.102. The molecular weight excluding hydrogens is 368 g/mol. The fourth-order valence-corrected chi connectivity index (χ4v) is 2.53. The predicted octanol–water partition coefficient (Wildman–Crippen LogP) is 2.28. The number of hydrazone groups is 1. The van der Waals surface area contributed by atoms with E-state index in [4.69, 9.17) is 26.4 Å². The van der Waals surface area contributed by atoms with E-state index in [1.54, 1.807) is 0 Å². The number of halogens is 2. The summed E-state index contributed by atoms with van der Waals surface area (Å²) >= 11 is 5.13. The van der Waals surface area contributed by atoms with Crippen molar-refractivity contribution >= 4 is 23.5 Å². The Bertz CT molecular complexity index is 615. The van der Waals surface area contributed by atoms with Crippen molar-refractivity contribution in [3.63, 3.8) is 0 Å². The zero-order valence-electron chi connectivity index (χ0n) is 14.5. The van der Waals surface area contributed by atoms with Crippen LogP contribution in [0.4, 0.5) is 8.78 Å². The van der Waals surface area contributed by atoms with E-state index < -0.39 is 6.61 Å². The van der Waals surface area contributed by atoms with Crippen LogP contribution in [-0.2, 0) is 4.74 Å². The van der Waals surface area contributed by atoms with Crippen LogP contribution in [-0.4, -0.2) is 51.4 Å². The Balaban J connectivity index is 1.96. The molecule has 0 saturated carbocycles. The van der Waals surface area contributed by atoms with Crippen LogP contribution in [0, 0.1) is 0 Å². The molecule has 0 radical (unpaired) electrons. The summed E-state index contributed by atoms with van der Waals surface area (Å²) in [5.41, 5.74) is 3.23. The summed E-state index contributed by atoms with van der Waals surface area (Å²) in [6, 6.07) is 2.99. The topological polar surface area (TPSA) is 73.3 Å². The fourth-order valence-electron chi connectivity index (χ4n) is 2.40. The Morgan fingerprint density at radius 2 is 2.08 bits per heavy atom. The second kappa shape index (κ2) is 10.1.